The van der Waals surface area contributed by atoms with Gasteiger partial charge in [-0.25, -0.2) is 0 Å². The first-order chi connectivity index (χ1) is 28.7. The highest BCUT2D eigenvalue weighted by Crippen LogP contribution is 2.54. The number of hydrogen-bond donors (Lipinski definition) is 5. The summed E-state index contributed by atoms with van der Waals surface area (Å²) in [5.74, 6) is -7.91. The number of Topliss-reactive ketones (excluding diaryl/α,β-unsaturated/α-hetero) is 1. The van der Waals surface area contributed by atoms with Gasteiger partial charge >= 0.3 is 17.8 Å². The number of ketones is 1. The maximum Gasteiger partial charge on any atom is 0.309 e. The molecule has 1 saturated carbocycles. The first-order valence-electron chi connectivity index (χ1n) is 23.5. The van der Waals surface area contributed by atoms with Crippen molar-refractivity contribution in [2.24, 2.45) is 41.4 Å². The summed E-state index contributed by atoms with van der Waals surface area (Å²) in [4.78, 5) is 53.0. The Balaban J connectivity index is 1.23. The van der Waals surface area contributed by atoms with Crippen molar-refractivity contribution in [3.63, 3.8) is 0 Å². The number of carboxylic acid groups (broad SMARTS) is 1. The van der Waals surface area contributed by atoms with Crippen molar-refractivity contribution in [3.05, 3.63) is 12.2 Å². The topological polar surface area (TPSA) is 199 Å². The van der Waals surface area contributed by atoms with E-state index in [4.69, 9.17) is 23.7 Å². The number of aliphatic carboxylic acids is 1. The Hall–Kier alpha value is -2.46. The van der Waals surface area contributed by atoms with Crippen LogP contribution in [0.1, 0.15) is 146 Å². The van der Waals surface area contributed by atoms with Crippen LogP contribution in [-0.2, 0) is 42.9 Å². The number of ether oxygens (including phenoxy) is 5. The van der Waals surface area contributed by atoms with E-state index in [1.807, 2.05) is 60.6 Å². The van der Waals surface area contributed by atoms with Gasteiger partial charge in [0, 0.05) is 36.1 Å². The monoisotopic (exact) mass is 861 g/mol. The molecule has 0 aromatic carbocycles. The number of carbonyl (C=O) groups is 4. The molecule has 0 aromatic heterocycles. The van der Waals surface area contributed by atoms with Crippen molar-refractivity contribution in [2.45, 2.75) is 218 Å². The van der Waals surface area contributed by atoms with Crippen LogP contribution in [0.2, 0.25) is 0 Å². The number of hydrogen-bond acceptors (Lipinski definition) is 11. The highest BCUT2D eigenvalue weighted by atomic mass is 16.8. The number of carbonyl (C=O) groups excluding carboxylic acids is 3. The molecule has 14 nitrogen and oxygen atoms in total. The van der Waals surface area contributed by atoms with Crippen LogP contribution >= 0.6 is 0 Å². The normalized spacial score (nSPS) is 42.7. The predicted octanol–water partition coefficient (Wildman–Crippen LogP) is 5.59. The summed E-state index contributed by atoms with van der Waals surface area (Å²) in [5, 5.41) is 38.6. The van der Waals surface area contributed by atoms with Gasteiger partial charge in [0.25, 0.3) is 0 Å². The molecule has 5 heterocycles. The zero-order valence-corrected chi connectivity index (χ0v) is 38.3. The van der Waals surface area contributed by atoms with Gasteiger partial charge in [0.15, 0.2) is 11.6 Å². The second-order valence-electron chi connectivity index (χ2n) is 20.2. The van der Waals surface area contributed by atoms with Crippen LogP contribution in [0.25, 0.3) is 0 Å². The summed E-state index contributed by atoms with van der Waals surface area (Å²) in [6.45, 7) is 19.4. The molecule has 346 valence electrons. The zero-order chi connectivity index (χ0) is 44.8. The molecule has 5 aliphatic heterocycles. The average molecular weight is 861 g/mol. The van der Waals surface area contributed by atoms with Gasteiger partial charge < -0.3 is 49.6 Å². The summed E-state index contributed by atoms with van der Waals surface area (Å²) >= 11 is 0. The van der Waals surface area contributed by atoms with E-state index in [-0.39, 0.29) is 35.7 Å². The van der Waals surface area contributed by atoms with E-state index >= 15 is 0 Å². The first kappa shape index (κ1) is 48.0. The molecular weight excluding hydrogens is 785 g/mol. The quantitative estimate of drug-likeness (QED) is 0.107. The van der Waals surface area contributed by atoms with E-state index in [1.165, 1.54) is 0 Å². The van der Waals surface area contributed by atoms with Crippen LogP contribution in [-0.4, -0.2) is 110 Å². The van der Waals surface area contributed by atoms with Gasteiger partial charge in [0.05, 0.1) is 53.7 Å². The Morgan fingerprint density at radius 2 is 1.49 bits per heavy atom. The minimum Gasteiger partial charge on any atom is -0.481 e. The second-order valence-corrected chi connectivity index (χ2v) is 20.2. The van der Waals surface area contributed by atoms with Crippen molar-refractivity contribution in [2.75, 3.05) is 0 Å². The molecule has 5 fully saturated rings. The summed E-state index contributed by atoms with van der Waals surface area (Å²) in [7, 11) is 0. The summed E-state index contributed by atoms with van der Waals surface area (Å²) < 4.78 is 34.3. The van der Waals surface area contributed by atoms with E-state index in [1.54, 1.807) is 6.92 Å². The van der Waals surface area contributed by atoms with Crippen molar-refractivity contribution in [1.29, 1.82) is 0 Å². The summed E-state index contributed by atoms with van der Waals surface area (Å²) in [6, 6.07) is -0.857. The van der Waals surface area contributed by atoms with Gasteiger partial charge in [-0.2, -0.15) is 0 Å². The number of carboxylic acids is 1. The molecule has 4 saturated heterocycles. The van der Waals surface area contributed by atoms with Gasteiger partial charge in [0.1, 0.15) is 11.8 Å². The van der Waals surface area contributed by atoms with Gasteiger partial charge in [0.2, 0.25) is 0 Å². The molecule has 0 radical (unpaired) electrons. The molecule has 61 heavy (non-hydrogen) atoms. The number of aliphatic hydroxyl groups excluding tert-OH is 1. The molecular formula is C47H76N2O12. The fourth-order valence-corrected chi connectivity index (χ4v) is 11.4. The third-order valence-corrected chi connectivity index (χ3v) is 15.9. The van der Waals surface area contributed by atoms with Crippen LogP contribution in [0.15, 0.2) is 12.2 Å². The largest absolute Gasteiger partial charge is 0.481 e. The lowest BCUT2D eigenvalue weighted by Crippen LogP contribution is -2.66. The van der Waals surface area contributed by atoms with Crippen LogP contribution in [0.5, 0.6) is 0 Å². The minimum atomic E-state index is -1.46. The maximum absolute atomic E-state index is 14.7. The van der Waals surface area contributed by atoms with E-state index in [2.05, 4.69) is 24.5 Å². The third kappa shape index (κ3) is 9.52. The fraction of sp³-hybridized carbons (Fsp3) is 0.872. The Labute approximate surface area is 362 Å². The lowest BCUT2D eigenvalue weighted by atomic mass is 9.72. The van der Waals surface area contributed by atoms with E-state index in [0.29, 0.717) is 57.8 Å². The number of nitrogens with one attached hydrogen (secondary N) is 2. The zero-order valence-electron chi connectivity index (χ0n) is 38.3. The lowest BCUT2D eigenvalue weighted by molar-refractivity contribution is -0.398. The second kappa shape index (κ2) is 18.6. The molecule has 0 bridgehead atoms. The molecule has 0 aromatic rings. The first-order valence-corrected chi connectivity index (χ1v) is 23.5. The van der Waals surface area contributed by atoms with Crippen molar-refractivity contribution < 1.29 is 58.2 Å². The number of aliphatic hydroxyl groups is 2. The summed E-state index contributed by atoms with van der Waals surface area (Å²) in [5.41, 5.74) is -1.81. The molecule has 1 aliphatic carbocycles. The van der Waals surface area contributed by atoms with Gasteiger partial charge in [-0.05, 0) is 102 Å². The standard InChI is InChI=1S/C47H76N2O12/c1-11-32(43(54)55)34-17-14-25(4)39(58-34)29(8)37(50)28(7)38(51)33(12-2)40-26(5)24-27(6)46(59-40)21-18-35(49-42(53)41(52)48-31-15-16-31)47(61-46)23-22-44(10,60-47)36-19-20-45(56,13-3)30(9)57-36/h18,21,25-37,39-40,50,56H,11-17,19-20,22-24H2,1-10H3,(H,48,52)(H,49,53)(H,54,55)/t25-,26-,27+,28-,29-,30-,32+,33-,34+,35+,36+,37+,39+,40-,44-,45+,46-,47-/m0/s1. The molecule has 6 rings (SSSR count). The maximum atomic E-state index is 14.7. The number of rotatable bonds is 14. The molecule has 0 unspecified atom stereocenters. The summed E-state index contributed by atoms with van der Waals surface area (Å²) in [6.07, 6.45) is 7.48. The predicted molar refractivity (Wildman–Crippen MR) is 226 cm³/mol. The molecule has 14 heteroatoms. The highest BCUT2D eigenvalue weighted by Gasteiger charge is 2.63. The SMILES string of the molecule is CC[C@@H](C(=O)[C@@H](C)[C@@H](O)[C@H](C)[C@@H]1O[C@@H]([C@@H](CC)C(=O)O)CC[C@@H]1C)[C@H]1O[C@]2(C=C[C@@H](NC(=O)C(=O)NC3CC3)[C@]3(CC[C@@](C)([C@H]4CC[C@](O)(CC)[C@H](C)O4)O3)O2)[C@H](C)C[C@@H]1C. The third-order valence-electron chi connectivity index (χ3n) is 15.9. The minimum absolute atomic E-state index is 0.00240. The van der Waals surface area contributed by atoms with Crippen molar-refractivity contribution >= 4 is 23.6 Å². The Morgan fingerprint density at radius 3 is 2.10 bits per heavy atom. The Morgan fingerprint density at radius 1 is 0.820 bits per heavy atom. The number of amides is 2. The van der Waals surface area contributed by atoms with Crippen LogP contribution in [0.4, 0.5) is 0 Å². The Bertz CT molecular complexity index is 1640. The Kier molecular flexibility index (Phi) is 14.6. The van der Waals surface area contributed by atoms with Crippen LogP contribution in [0, 0.1) is 41.4 Å². The lowest BCUT2D eigenvalue weighted by Gasteiger charge is -2.55. The average Bonchev–Trinajstić information content (AvgIpc) is 3.98. The molecule has 2 amide bonds. The van der Waals surface area contributed by atoms with Gasteiger partial charge in [-0.15, -0.1) is 0 Å². The van der Waals surface area contributed by atoms with Gasteiger partial charge in [-0.1, -0.05) is 61.5 Å². The van der Waals surface area contributed by atoms with Crippen molar-refractivity contribution in [3.8, 4) is 0 Å². The van der Waals surface area contributed by atoms with Crippen LogP contribution in [0.3, 0.4) is 0 Å². The van der Waals surface area contributed by atoms with Crippen molar-refractivity contribution in [1.82, 2.24) is 10.6 Å². The molecule has 2 spiro atoms. The molecule has 6 aliphatic rings. The smallest absolute Gasteiger partial charge is 0.309 e. The van der Waals surface area contributed by atoms with E-state index < -0.39 is 101 Å². The van der Waals surface area contributed by atoms with E-state index in [9.17, 15) is 34.5 Å². The van der Waals surface area contributed by atoms with Crippen LogP contribution < -0.4 is 10.6 Å². The molecule has 18 atom stereocenters. The fourth-order valence-electron chi connectivity index (χ4n) is 11.4. The van der Waals surface area contributed by atoms with E-state index in [0.717, 1.165) is 19.3 Å². The highest BCUT2D eigenvalue weighted by molar-refractivity contribution is 6.35. The van der Waals surface area contributed by atoms with Gasteiger partial charge in [-0.3, -0.25) is 19.2 Å². The molecule has 5 N–H and O–H groups in total.